The monoisotopic (exact) mass is 293 g/mol. The van der Waals surface area contributed by atoms with Crippen molar-refractivity contribution in [2.75, 3.05) is 43.9 Å². The molecule has 0 bridgehead atoms. The SMILES string of the molecule is CCNc1ccc([N+](=O)[O-])c(NCC2CCN(C)CC2)n1. The highest BCUT2D eigenvalue weighted by atomic mass is 16.6. The van der Waals surface area contributed by atoms with Crippen molar-refractivity contribution in [3.63, 3.8) is 0 Å². The molecule has 21 heavy (non-hydrogen) atoms. The first-order valence-corrected chi connectivity index (χ1v) is 7.42. The largest absolute Gasteiger partial charge is 0.370 e. The van der Waals surface area contributed by atoms with Gasteiger partial charge in [0.1, 0.15) is 5.82 Å². The van der Waals surface area contributed by atoms with E-state index < -0.39 is 0 Å². The molecule has 0 atom stereocenters. The van der Waals surface area contributed by atoms with Crippen LogP contribution in [-0.2, 0) is 0 Å². The molecule has 2 heterocycles. The van der Waals surface area contributed by atoms with Crippen LogP contribution in [0.1, 0.15) is 19.8 Å². The van der Waals surface area contributed by atoms with E-state index in [9.17, 15) is 10.1 Å². The minimum Gasteiger partial charge on any atom is -0.370 e. The van der Waals surface area contributed by atoms with Gasteiger partial charge in [-0.1, -0.05) is 0 Å². The predicted molar refractivity (Wildman–Crippen MR) is 83.8 cm³/mol. The van der Waals surface area contributed by atoms with E-state index in [-0.39, 0.29) is 10.6 Å². The number of likely N-dealkylation sites (tertiary alicyclic amines) is 1. The van der Waals surface area contributed by atoms with Gasteiger partial charge in [0.25, 0.3) is 0 Å². The van der Waals surface area contributed by atoms with Crippen LogP contribution in [0.5, 0.6) is 0 Å². The molecule has 0 radical (unpaired) electrons. The molecule has 1 aromatic heterocycles. The number of nitrogens with one attached hydrogen (secondary N) is 2. The number of nitro groups is 1. The van der Waals surface area contributed by atoms with Gasteiger partial charge in [-0.2, -0.15) is 0 Å². The average molecular weight is 293 g/mol. The molecule has 0 saturated carbocycles. The first-order valence-electron chi connectivity index (χ1n) is 7.42. The molecular weight excluding hydrogens is 270 g/mol. The predicted octanol–water partition coefficient (Wildman–Crippen LogP) is 2.18. The maximum Gasteiger partial charge on any atom is 0.311 e. The highest BCUT2D eigenvalue weighted by Crippen LogP contribution is 2.25. The van der Waals surface area contributed by atoms with Gasteiger partial charge in [-0.3, -0.25) is 10.1 Å². The van der Waals surface area contributed by atoms with Crippen LogP contribution in [-0.4, -0.2) is 48.0 Å². The third kappa shape index (κ3) is 4.29. The Bertz CT molecular complexity index is 486. The van der Waals surface area contributed by atoms with Gasteiger partial charge in [0, 0.05) is 19.2 Å². The molecule has 0 aliphatic carbocycles. The van der Waals surface area contributed by atoms with Crippen LogP contribution in [0.4, 0.5) is 17.3 Å². The Hall–Kier alpha value is -1.89. The number of hydrogen-bond acceptors (Lipinski definition) is 6. The van der Waals surface area contributed by atoms with Gasteiger partial charge in [-0.15, -0.1) is 0 Å². The van der Waals surface area contributed by atoms with Crippen molar-refractivity contribution >= 4 is 17.3 Å². The lowest BCUT2D eigenvalue weighted by Crippen LogP contribution is -2.33. The quantitative estimate of drug-likeness (QED) is 0.618. The lowest BCUT2D eigenvalue weighted by Gasteiger charge is -2.29. The highest BCUT2D eigenvalue weighted by Gasteiger charge is 2.20. The van der Waals surface area contributed by atoms with Crippen LogP contribution in [0.3, 0.4) is 0 Å². The second-order valence-electron chi connectivity index (χ2n) is 5.48. The van der Waals surface area contributed by atoms with Gasteiger partial charge in [-0.05, 0) is 51.9 Å². The molecule has 0 amide bonds. The summed E-state index contributed by atoms with van der Waals surface area (Å²) in [6.45, 7) is 5.60. The van der Waals surface area contributed by atoms with Crippen molar-refractivity contribution in [3.05, 3.63) is 22.2 Å². The Labute approximate surface area is 124 Å². The summed E-state index contributed by atoms with van der Waals surface area (Å²) in [5, 5.41) is 17.3. The first kappa shape index (κ1) is 15.5. The lowest BCUT2D eigenvalue weighted by atomic mass is 9.97. The molecule has 1 aliphatic rings. The van der Waals surface area contributed by atoms with E-state index in [0.29, 0.717) is 17.6 Å². The van der Waals surface area contributed by atoms with Crippen LogP contribution in [0, 0.1) is 16.0 Å². The fourth-order valence-electron chi connectivity index (χ4n) is 2.52. The number of piperidine rings is 1. The van der Waals surface area contributed by atoms with Crippen LogP contribution in [0.2, 0.25) is 0 Å². The Kier molecular flexibility index (Phi) is 5.32. The molecular formula is C14H23N5O2. The minimum atomic E-state index is -0.389. The van der Waals surface area contributed by atoms with Gasteiger partial charge in [0.05, 0.1) is 4.92 Å². The van der Waals surface area contributed by atoms with E-state index in [4.69, 9.17) is 0 Å². The second kappa shape index (κ2) is 7.21. The summed E-state index contributed by atoms with van der Waals surface area (Å²) >= 11 is 0. The molecule has 1 aromatic rings. The van der Waals surface area contributed by atoms with Crippen LogP contribution in [0.25, 0.3) is 0 Å². The van der Waals surface area contributed by atoms with Crippen molar-refractivity contribution in [2.24, 2.45) is 5.92 Å². The summed E-state index contributed by atoms with van der Waals surface area (Å²) < 4.78 is 0. The Morgan fingerprint density at radius 2 is 2.10 bits per heavy atom. The van der Waals surface area contributed by atoms with Crippen molar-refractivity contribution in [1.82, 2.24) is 9.88 Å². The van der Waals surface area contributed by atoms with Gasteiger partial charge in [-0.25, -0.2) is 4.98 Å². The maximum absolute atomic E-state index is 11.1. The van der Waals surface area contributed by atoms with E-state index in [1.54, 1.807) is 6.07 Å². The van der Waals surface area contributed by atoms with Crippen molar-refractivity contribution in [2.45, 2.75) is 19.8 Å². The Morgan fingerprint density at radius 1 is 1.38 bits per heavy atom. The lowest BCUT2D eigenvalue weighted by molar-refractivity contribution is -0.384. The fraction of sp³-hybridized carbons (Fsp3) is 0.643. The van der Waals surface area contributed by atoms with Gasteiger partial charge in [0.2, 0.25) is 5.82 Å². The maximum atomic E-state index is 11.1. The zero-order valence-electron chi connectivity index (χ0n) is 12.6. The van der Waals surface area contributed by atoms with E-state index in [1.807, 2.05) is 6.92 Å². The van der Waals surface area contributed by atoms with Gasteiger partial charge >= 0.3 is 5.69 Å². The van der Waals surface area contributed by atoms with Crippen LogP contribution >= 0.6 is 0 Å². The average Bonchev–Trinajstić information content (AvgIpc) is 2.47. The van der Waals surface area contributed by atoms with Crippen molar-refractivity contribution in [1.29, 1.82) is 0 Å². The zero-order valence-corrected chi connectivity index (χ0v) is 12.6. The summed E-state index contributed by atoms with van der Waals surface area (Å²) in [6, 6.07) is 3.14. The fourth-order valence-corrected chi connectivity index (χ4v) is 2.52. The number of pyridine rings is 1. The number of aromatic nitrogens is 1. The van der Waals surface area contributed by atoms with E-state index >= 15 is 0 Å². The Balaban J connectivity index is 2.02. The topological polar surface area (TPSA) is 83.3 Å². The number of anilines is 2. The van der Waals surface area contributed by atoms with Crippen LogP contribution in [0.15, 0.2) is 12.1 Å². The van der Waals surface area contributed by atoms with Crippen molar-refractivity contribution in [3.8, 4) is 0 Å². The molecule has 1 saturated heterocycles. The molecule has 0 aromatic carbocycles. The number of rotatable bonds is 6. The molecule has 0 spiro atoms. The molecule has 1 fully saturated rings. The molecule has 1 aliphatic heterocycles. The minimum absolute atomic E-state index is 0.0320. The normalized spacial score (nSPS) is 16.7. The summed E-state index contributed by atoms with van der Waals surface area (Å²) in [6.07, 6.45) is 2.23. The summed E-state index contributed by atoms with van der Waals surface area (Å²) in [4.78, 5) is 17.3. The molecule has 2 rings (SSSR count). The molecule has 7 nitrogen and oxygen atoms in total. The summed E-state index contributed by atoms with van der Waals surface area (Å²) in [5.41, 5.74) is 0.0320. The van der Waals surface area contributed by atoms with E-state index in [0.717, 1.165) is 39.0 Å². The highest BCUT2D eigenvalue weighted by molar-refractivity contribution is 5.60. The van der Waals surface area contributed by atoms with Crippen molar-refractivity contribution < 1.29 is 4.92 Å². The third-order valence-electron chi connectivity index (χ3n) is 3.82. The Morgan fingerprint density at radius 3 is 2.71 bits per heavy atom. The number of hydrogen-bond donors (Lipinski definition) is 2. The summed E-state index contributed by atoms with van der Waals surface area (Å²) in [7, 11) is 2.12. The van der Waals surface area contributed by atoms with E-state index in [2.05, 4.69) is 27.6 Å². The smallest absolute Gasteiger partial charge is 0.311 e. The van der Waals surface area contributed by atoms with Gasteiger partial charge in [0.15, 0.2) is 0 Å². The van der Waals surface area contributed by atoms with Crippen LogP contribution < -0.4 is 10.6 Å². The third-order valence-corrected chi connectivity index (χ3v) is 3.82. The molecule has 0 unspecified atom stereocenters. The second-order valence-corrected chi connectivity index (χ2v) is 5.48. The van der Waals surface area contributed by atoms with E-state index in [1.165, 1.54) is 6.07 Å². The first-order chi connectivity index (χ1) is 10.1. The zero-order chi connectivity index (χ0) is 15.2. The molecule has 2 N–H and O–H groups in total. The van der Waals surface area contributed by atoms with Gasteiger partial charge < -0.3 is 15.5 Å². The standard InChI is InChI=1S/C14H23N5O2/c1-3-15-13-5-4-12(19(20)21)14(17-13)16-10-11-6-8-18(2)9-7-11/h4-5,11H,3,6-10H2,1-2H3,(H2,15,16,17). The molecule has 7 heteroatoms. The summed E-state index contributed by atoms with van der Waals surface area (Å²) in [5.74, 6) is 1.57. The number of nitrogens with zero attached hydrogens (tertiary/aromatic N) is 3. The molecule has 116 valence electrons.